The van der Waals surface area contributed by atoms with E-state index in [9.17, 15) is 0 Å². The summed E-state index contributed by atoms with van der Waals surface area (Å²) in [5.41, 5.74) is 0.356. The normalized spacial score (nSPS) is 20.1. The predicted molar refractivity (Wildman–Crippen MR) is 93.9 cm³/mol. The lowest BCUT2D eigenvalue weighted by molar-refractivity contribution is 0.112. The zero-order chi connectivity index (χ0) is 15.9. The molecule has 1 rings (SSSR count). The van der Waals surface area contributed by atoms with Gasteiger partial charge in [0, 0.05) is 38.8 Å². The lowest BCUT2D eigenvalue weighted by Gasteiger charge is -2.38. The number of hydrogen-bond donors (Lipinski definition) is 1. The van der Waals surface area contributed by atoms with E-state index in [0.29, 0.717) is 11.5 Å². The van der Waals surface area contributed by atoms with Crippen LogP contribution in [0.4, 0.5) is 0 Å². The van der Waals surface area contributed by atoms with Crippen LogP contribution in [0.25, 0.3) is 0 Å². The van der Waals surface area contributed by atoms with Gasteiger partial charge in [0.15, 0.2) is 0 Å². The van der Waals surface area contributed by atoms with E-state index in [1.807, 2.05) is 0 Å². The molecule has 0 spiro atoms. The molecular weight excluding hydrogens is 258 g/mol. The summed E-state index contributed by atoms with van der Waals surface area (Å²) in [6, 6.07) is 0.631. The van der Waals surface area contributed by atoms with Crippen LogP contribution in [0.5, 0.6) is 0 Å². The Morgan fingerprint density at radius 1 is 1.00 bits per heavy atom. The van der Waals surface area contributed by atoms with Crippen LogP contribution in [0.3, 0.4) is 0 Å². The molecule has 0 aliphatic carbocycles. The maximum Gasteiger partial charge on any atom is 0.0128 e. The van der Waals surface area contributed by atoms with Gasteiger partial charge in [-0.15, -0.1) is 0 Å². The smallest absolute Gasteiger partial charge is 0.0128 e. The summed E-state index contributed by atoms with van der Waals surface area (Å²) >= 11 is 0. The summed E-state index contributed by atoms with van der Waals surface area (Å²) in [7, 11) is 0. The predicted octanol–water partition coefficient (Wildman–Crippen LogP) is 3.06. The van der Waals surface area contributed by atoms with E-state index < -0.39 is 0 Å². The first-order valence-corrected chi connectivity index (χ1v) is 9.01. The third-order valence-electron chi connectivity index (χ3n) is 4.51. The highest BCUT2D eigenvalue weighted by Gasteiger charge is 2.25. The van der Waals surface area contributed by atoms with Gasteiger partial charge in [0.05, 0.1) is 0 Å². The largest absolute Gasteiger partial charge is 0.313 e. The fourth-order valence-corrected chi connectivity index (χ4v) is 3.18. The van der Waals surface area contributed by atoms with Crippen molar-refractivity contribution < 1.29 is 0 Å². The van der Waals surface area contributed by atoms with Crippen LogP contribution in [0, 0.1) is 11.3 Å². The van der Waals surface area contributed by atoms with Crippen LogP contribution in [-0.2, 0) is 0 Å². The van der Waals surface area contributed by atoms with Crippen LogP contribution >= 0.6 is 0 Å². The minimum atomic E-state index is 0.356. The van der Waals surface area contributed by atoms with E-state index in [2.05, 4.69) is 56.7 Å². The molecule has 0 bridgehead atoms. The van der Waals surface area contributed by atoms with Crippen molar-refractivity contribution in [2.24, 2.45) is 11.3 Å². The van der Waals surface area contributed by atoms with E-state index in [1.54, 1.807) is 0 Å². The molecule has 3 nitrogen and oxygen atoms in total. The number of hydrogen-bond acceptors (Lipinski definition) is 3. The Hall–Kier alpha value is -0.120. The first-order valence-electron chi connectivity index (χ1n) is 9.01. The van der Waals surface area contributed by atoms with E-state index in [4.69, 9.17) is 0 Å². The van der Waals surface area contributed by atoms with Crippen LogP contribution in [-0.4, -0.2) is 61.7 Å². The zero-order valence-electron chi connectivity index (χ0n) is 15.4. The zero-order valence-corrected chi connectivity index (χ0v) is 15.4. The lowest BCUT2D eigenvalue weighted by atomic mass is 9.84. The number of nitrogens with zero attached hydrogens (tertiary/aromatic N) is 2. The first kappa shape index (κ1) is 18.9. The van der Waals surface area contributed by atoms with Gasteiger partial charge >= 0.3 is 0 Å². The van der Waals surface area contributed by atoms with Crippen LogP contribution in [0.2, 0.25) is 0 Å². The molecule has 1 unspecified atom stereocenters. The Bertz CT molecular complexity index is 262. The Morgan fingerprint density at radius 3 is 2.05 bits per heavy atom. The van der Waals surface area contributed by atoms with E-state index in [0.717, 1.165) is 12.5 Å². The third kappa shape index (κ3) is 7.62. The van der Waals surface area contributed by atoms with E-state index >= 15 is 0 Å². The quantitative estimate of drug-likeness (QED) is 0.743. The summed E-state index contributed by atoms with van der Waals surface area (Å²) < 4.78 is 0. The molecule has 0 aromatic carbocycles. The lowest BCUT2D eigenvalue weighted by Crippen LogP contribution is -2.49. The second-order valence-corrected chi connectivity index (χ2v) is 8.20. The molecule has 3 heteroatoms. The van der Waals surface area contributed by atoms with Gasteiger partial charge in [0.2, 0.25) is 0 Å². The van der Waals surface area contributed by atoms with Gasteiger partial charge in [-0.2, -0.15) is 0 Å². The molecule has 1 aliphatic heterocycles. The van der Waals surface area contributed by atoms with Gasteiger partial charge in [-0.05, 0) is 37.3 Å². The van der Waals surface area contributed by atoms with Gasteiger partial charge in [0.25, 0.3) is 0 Å². The van der Waals surface area contributed by atoms with Gasteiger partial charge in [-0.1, -0.05) is 41.5 Å². The molecule has 0 amide bonds. The Kier molecular flexibility index (Phi) is 8.22. The molecule has 126 valence electrons. The second-order valence-electron chi connectivity index (χ2n) is 8.20. The second kappa shape index (κ2) is 9.12. The van der Waals surface area contributed by atoms with Crippen molar-refractivity contribution in [3.05, 3.63) is 0 Å². The Labute approximate surface area is 133 Å². The highest BCUT2D eigenvalue weighted by molar-refractivity contribution is 4.82. The van der Waals surface area contributed by atoms with Crippen molar-refractivity contribution >= 4 is 0 Å². The van der Waals surface area contributed by atoms with Gasteiger partial charge < -0.3 is 15.1 Å². The molecule has 1 N–H and O–H groups in total. The van der Waals surface area contributed by atoms with Crippen LogP contribution in [0.1, 0.15) is 54.4 Å². The number of nitrogens with one attached hydrogen (secondary N) is 1. The summed E-state index contributed by atoms with van der Waals surface area (Å²) in [6.45, 7) is 22.6. The molecule has 0 radical (unpaired) electrons. The minimum absolute atomic E-state index is 0.356. The fraction of sp³-hybridized carbons (Fsp3) is 1.00. The van der Waals surface area contributed by atoms with Crippen molar-refractivity contribution in [1.82, 2.24) is 15.1 Å². The maximum absolute atomic E-state index is 3.75. The molecule has 1 atom stereocenters. The Morgan fingerprint density at radius 2 is 1.57 bits per heavy atom. The highest BCUT2D eigenvalue weighted by atomic mass is 15.3. The number of piperazine rings is 1. The minimum Gasteiger partial charge on any atom is -0.313 e. The van der Waals surface area contributed by atoms with Crippen LogP contribution in [0.15, 0.2) is 0 Å². The maximum atomic E-state index is 3.75. The van der Waals surface area contributed by atoms with Crippen LogP contribution < -0.4 is 5.32 Å². The van der Waals surface area contributed by atoms with Gasteiger partial charge in [-0.3, -0.25) is 0 Å². The SMILES string of the molecule is CCCNC(CCN1CCN(CC(C)C)CC1)C(C)(C)C. The summed E-state index contributed by atoms with van der Waals surface area (Å²) in [4.78, 5) is 5.28. The molecule has 21 heavy (non-hydrogen) atoms. The van der Waals surface area contributed by atoms with Crippen molar-refractivity contribution in [2.45, 2.75) is 60.4 Å². The molecule has 0 saturated carbocycles. The molecule has 1 saturated heterocycles. The van der Waals surface area contributed by atoms with E-state index in [-0.39, 0.29) is 0 Å². The molecule has 0 aromatic heterocycles. The average molecular weight is 298 g/mol. The molecule has 1 aliphatic rings. The molecule has 1 fully saturated rings. The molecular formula is C18H39N3. The topological polar surface area (TPSA) is 18.5 Å². The van der Waals surface area contributed by atoms with Crippen molar-refractivity contribution in [1.29, 1.82) is 0 Å². The standard InChI is InChI=1S/C18H39N3/c1-7-9-19-17(18(4,5)6)8-10-20-11-13-21(14-12-20)15-16(2)3/h16-17,19H,7-15H2,1-6H3. The third-order valence-corrected chi connectivity index (χ3v) is 4.51. The van der Waals surface area contributed by atoms with E-state index in [1.165, 1.54) is 52.1 Å². The van der Waals surface area contributed by atoms with Crippen molar-refractivity contribution in [3.8, 4) is 0 Å². The highest BCUT2D eigenvalue weighted by Crippen LogP contribution is 2.22. The van der Waals surface area contributed by atoms with Crippen molar-refractivity contribution in [2.75, 3.05) is 45.8 Å². The summed E-state index contributed by atoms with van der Waals surface area (Å²) in [5.74, 6) is 0.792. The van der Waals surface area contributed by atoms with Crippen molar-refractivity contribution in [3.63, 3.8) is 0 Å². The van der Waals surface area contributed by atoms with Gasteiger partial charge in [-0.25, -0.2) is 0 Å². The fourth-order valence-electron chi connectivity index (χ4n) is 3.18. The average Bonchev–Trinajstić information content (AvgIpc) is 2.38. The van der Waals surface area contributed by atoms with Gasteiger partial charge in [0.1, 0.15) is 0 Å². The first-order chi connectivity index (χ1) is 9.82. The molecule has 0 aromatic rings. The summed E-state index contributed by atoms with van der Waals surface area (Å²) in [5, 5.41) is 3.75. The molecule has 1 heterocycles. The number of rotatable bonds is 8. The monoisotopic (exact) mass is 297 g/mol. The Balaban J connectivity index is 2.30. The summed E-state index contributed by atoms with van der Waals surface area (Å²) in [6.07, 6.45) is 2.49.